The minimum Gasteiger partial charge on any atom is -0.449 e. The van der Waals surface area contributed by atoms with Crippen LogP contribution in [0, 0.1) is 6.92 Å². The van der Waals surface area contributed by atoms with Crippen LogP contribution in [0.3, 0.4) is 0 Å². The van der Waals surface area contributed by atoms with Crippen LogP contribution in [-0.2, 0) is 17.8 Å². The van der Waals surface area contributed by atoms with Gasteiger partial charge in [0.25, 0.3) is 0 Å². The zero-order valence-electron chi connectivity index (χ0n) is 12.2. The fourth-order valence-electron chi connectivity index (χ4n) is 2.41. The lowest BCUT2D eigenvalue weighted by Gasteiger charge is -2.05. The largest absolute Gasteiger partial charge is 0.449 e. The van der Waals surface area contributed by atoms with E-state index in [0.717, 1.165) is 27.7 Å². The summed E-state index contributed by atoms with van der Waals surface area (Å²) in [7, 11) is 0. The molecular formula is C18H16BrNO2. The average Bonchev–Trinajstić information content (AvgIpc) is 2.81. The van der Waals surface area contributed by atoms with Crippen LogP contribution < -0.4 is 5.32 Å². The molecule has 1 N–H and O–H groups in total. The Labute approximate surface area is 137 Å². The molecule has 22 heavy (non-hydrogen) atoms. The molecule has 1 aromatic heterocycles. The minimum absolute atomic E-state index is 0.0205. The Morgan fingerprint density at radius 3 is 2.73 bits per heavy atom. The van der Waals surface area contributed by atoms with Gasteiger partial charge in [-0.3, -0.25) is 4.79 Å². The second-order valence-corrected chi connectivity index (χ2v) is 6.01. The SMILES string of the molecule is Cc1ccc2c(CC(=O)NCc3ccccc3)c(Br)oc2c1. The quantitative estimate of drug-likeness (QED) is 0.753. The van der Waals surface area contributed by atoms with E-state index in [0.29, 0.717) is 17.6 Å². The number of benzene rings is 2. The molecule has 2 aromatic carbocycles. The molecule has 0 aliphatic rings. The highest BCUT2D eigenvalue weighted by Crippen LogP contribution is 2.31. The van der Waals surface area contributed by atoms with Crippen molar-refractivity contribution < 1.29 is 9.21 Å². The van der Waals surface area contributed by atoms with Gasteiger partial charge in [0.15, 0.2) is 4.67 Å². The Kier molecular flexibility index (Phi) is 4.29. The van der Waals surface area contributed by atoms with Crippen LogP contribution in [0.4, 0.5) is 0 Å². The molecule has 0 spiro atoms. The number of amides is 1. The zero-order chi connectivity index (χ0) is 15.5. The molecule has 0 radical (unpaired) electrons. The van der Waals surface area contributed by atoms with Gasteiger partial charge in [-0.15, -0.1) is 0 Å². The third-order valence-corrected chi connectivity index (χ3v) is 4.21. The van der Waals surface area contributed by atoms with Crippen molar-refractivity contribution in [3.05, 3.63) is 69.9 Å². The molecule has 0 saturated heterocycles. The molecule has 112 valence electrons. The van der Waals surface area contributed by atoms with Crippen molar-refractivity contribution in [1.29, 1.82) is 0 Å². The van der Waals surface area contributed by atoms with Crippen molar-refractivity contribution >= 4 is 32.8 Å². The van der Waals surface area contributed by atoms with Crippen molar-refractivity contribution in [2.75, 3.05) is 0 Å². The molecule has 3 aromatic rings. The molecule has 0 aliphatic heterocycles. The van der Waals surface area contributed by atoms with Crippen LogP contribution in [0.15, 0.2) is 57.6 Å². The second kappa shape index (κ2) is 6.36. The van der Waals surface area contributed by atoms with Crippen molar-refractivity contribution in [2.45, 2.75) is 19.9 Å². The summed E-state index contributed by atoms with van der Waals surface area (Å²) in [6, 6.07) is 15.9. The van der Waals surface area contributed by atoms with E-state index >= 15 is 0 Å². The fourth-order valence-corrected chi connectivity index (χ4v) is 2.94. The molecule has 0 fully saturated rings. The Bertz CT molecular complexity index is 809. The van der Waals surface area contributed by atoms with Crippen LogP contribution >= 0.6 is 15.9 Å². The van der Waals surface area contributed by atoms with Gasteiger partial charge in [-0.05, 0) is 40.0 Å². The highest BCUT2D eigenvalue weighted by molar-refractivity contribution is 9.10. The topological polar surface area (TPSA) is 42.2 Å². The third-order valence-electron chi connectivity index (χ3n) is 3.57. The van der Waals surface area contributed by atoms with E-state index < -0.39 is 0 Å². The predicted molar refractivity (Wildman–Crippen MR) is 90.6 cm³/mol. The normalized spacial score (nSPS) is 10.8. The highest BCUT2D eigenvalue weighted by atomic mass is 79.9. The summed E-state index contributed by atoms with van der Waals surface area (Å²) in [4.78, 5) is 12.2. The fraction of sp³-hybridized carbons (Fsp3) is 0.167. The molecule has 0 aliphatic carbocycles. The van der Waals surface area contributed by atoms with Crippen LogP contribution in [-0.4, -0.2) is 5.91 Å². The van der Waals surface area contributed by atoms with Gasteiger partial charge in [-0.1, -0.05) is 42.5 Å². The number of hydrogen-bond acceptors (Lipinski definition) is 2. The Morgan fingerprint density at radius 2 is 1.95 bits per heavy atom. The summed E-state index contributed by atoms with van der Waals surface area (Å²) in [5.74, 6) is -0.0205. The molecule has 0 atom stereocenters. The van der Waals surface area contributed by atoms with E-state index in [1.165, 1.54) is 0 Å². The van der Waals surface area contributed by atoms with Gasteiger partial charge >= 0.3 is 0 Å². The van der Waals surface area contributed by atoms with Crippen molar-refractivity contribution in [1.82, 2.24) is 5.32 Å². The van der Waals surface area contributed by atoms with Gasteiger partial charge in [0.05, 0.1) is 6.42 Å². The average molecular weight is 358 g/mol. The Balaban J connectivity index is 1.73. The van der Waals surface area contributed by atoms with Gasteiger partial charge < -0.3 is 9.73 Å². The number of carbonyl (C=O) groups is 1. The first-order valence-electron chi connectivity index (χ1n) is 7.11. The Morgan fingerprint density at radius 1 is 1.18 bits per heavy atom. The number of rotatable bonds is 4. The van der Waals surface area contributed by atoms with E-state index in [4.69, 9.17) is 4.42 Å². The monoisotopic (exact) mass is 357 g/mol. The van der Waals surface area contributed by atoms with Gasteiger partial charge in [-0.2, -0.15) is 0 Å². The summed E-state index contributed by atoms with van der Waals surface area (Å²) >= 11 is 3.41. The number of halogens is 1. The molecule has 0 unspecified atom stereocenters. The standard InChI is InChI=1S/C18H16BrNO2/c1-12-7-8-14-15(18(19)22-16(14)9-12)10-17(21)20-11-13-5-3-2-4-6-13/h2-9H,10-11H2,1H3,(H,20,21). The maximum atomic E-state index is 12.2. The van der Waals surface area contributed by atoms with Crippen LogP contribution in [0.2, 0.25) is 0 Å². The van der Waals surface area contributed by atoms with Gasteiger partial charge in [0.2, 0.25) is 5.91 Å². The molecular weight excluding hydrogens is 342 g/mol. The number of carbonyl (C=O) groups excluding carboxylic acids is 1. The molecule has 4 heteroatoms. The summed E-state index contributed by atoms with van der Waals surface area (Å²) in [6.45, 7) is 2.55. The maximum absolute atomic E-state index is 12.2. The molecule has 3 nitrogen and oxygen atoms in total. The number of hydrogen-bond donors (Lipinski definition) is 1. The van der Waals surface area contributed by atoms with Crippen molar-refractivity contribution in [3.8, 4) is 0 Å². The molecule has 3 rings (SSSR count). The van der Waals surface area contributed by atoms with Crippen LogP contribution in [0.5, 0.6) is 0 Å². The predicted octanol–water partition coefficient (Wildman–Crippen LogP) is 4.36. The van der Waals surface area contributed by atoms with Gasteiger partial charge in [0.1, 0.15) is 5.58 Å². The first-order chi connectivity index (χ1) is 10.6. The van der Waals surface area contributed by atoms with Gasteiger partial charge in [0, 0.05) is 17.5 Å². The summed E-state index contributed by atoms with van der Waals surface area (Å²) in [5.41, 5.74) is 3.91. The molecule has 0 bridgehead atoms. The number of aryl methyl sites for hydroxylation is 1. The lowest BCUT2D eigenvalue weighted by atomic mass is 10.1. The lowest BCUT2D eigenvalue weighted by molar-refractivity contribution is -0.120. The zero-order valence-corrected chi connectivity index (χ0v) is 13.8. The van der Waals surface area contributed by atoms with Crippen LogP contribution in [0.1, 0.15) is 16.7 Å². The minimum atomic E-state index is -0.0205. The number of fused-ring (bicyclic) bond motifs is 1. The van der Waals surface area contributed by atoms with E-state index in [1.807, 2.05) is 55.5 Å². The number of nitrogens with one attached hydrogen (secondary N) is 1. The first kappa shape index (κ1) is 14.9. The van der Waals surface area contributed by atoms with E-state index in [9.17, 15) is 4.79 Å². The van der Waals surface area contributed by atoms with Crippen molar-refractivity contribution in [3.63, 3.8) is 0 Å². The van der Waals surface area contributed by atoms with E-state index in [-0.39, 0.29) is 5.91 Å². The second-order valence-electron chi connectivity index (χ2n) is 5.29. The Hall–Kier alpha value is -2.07. The van der Waals surface area contributed by atoms with Crippen LogP contribution in [0.25, 0.3) is 11.0 Å². The van der Waals surface area contributed by atoms with E-state index in [2.05, 4.69) is 21.2 Å². The summed E-state index contributed by atoms with van der Waals surface area (Å²) < 4.78 is 6.31. The van der Waals surface area contributed by atoms with E-state index in [1.54, 1.807) is 0 Å². The van der Waals surface area contributed by atoms with Crippen molar-refractivity contribution in [2.24, 2.45) is 0 Å². The molecule has 1 heterocycles. The highest BCUT2D eigenvalue weighted by Gasteiger charge is 2.15. The smallest absolute Gasteiger partial charge is 0.224 e. The van der Waals surface area contributed by atoms with Gasteiger partial charge in [-0.25, -0.2) is 0 Å². The first-order valence-corrected chi connectivity index (χ1v) is 7.91. The summed E-state index contributed by atoms with van der Waals surface area (Å²) in [5, 5.41) is 3.92. The molecule has 1 amide bonds. The lowest BCUT2D eigenvalue weighted by Crippen LogP contribution is -2.24. The molecule has 0 saturated carbocycles. The summed E-state index contributed by atoms with van der Waals surface area (Å²) in [6.07, 6.45) is 0.295. The maximum Gasteiger partial charge on any atom is 0.224 e. The third kappa shape index (κ3) is 3.22. The number of furan rings is 1.